The van der Waals surface area contributed by atoms with Crippen LogP contribution in [0.4, 0.5) is 5.69 Å². The molecule has 9 atom stereocenters. The number of carbonyl (C=O) groups is 2. The van der Waals surface area contributed by atoms with Crippen LogP contribution >= 0.6 is 0 Å². The van der Waals surface area contributed by atoms with Crippen LogP contribution in [0.1, 0.15) is 30.6 Å². The molecule has 2 amide bonds. The highest BCUT2D eigenvalue weighted by Crippen LogP contribution is 2.47. The van der Waals surface area contributed by atoms with Gasteiger partial charge in [0.15, 0.2) is 20.7 Å². The van der Waals surface area contributed by atoms with Crippen molar-refractivity contribution in [2.45, 2.75) is 81.4 Å². The molecule has 1 fully saturated rings. The Morgan fingerprint density at radius 1 is 1.04 bits per heavy atom. The van der Waals surface area contributed by atoms with Gasteiger partial charge in [0.2, 0.25) is 5.91 Å². The van der Waals surface area contributed by atoms with E-state index in [9.17, 15) is 39.9 Å². The van der Waals surface area contributed by atoms with Crippen molar-refractivity contribution in [3.05, 3.63) is 59.7 Å². The second kappa shape index (κ2) is 14.7. The minimum atomic E-state index is -3.02. The number of nitrogens with one attached hydrogen (secondary N) is 1. The fourth-order valence-corrected chi connectivity index (χ4v) is 7.90. The minimum Gasteiger partial charge on any atom is -0.490 e. The number of carbonyl (C=O) groups excluding carboxylic acids is 2. The molecule has 0 aliphatic carbocycles. The summed E-state index contributed by atoms with van der Waals surface area (Å²) in [6, 6.07) is 14.3. The standard InChI is InChI=1S/C31H44N2O11Si/c1-17-27(42-2)20-14-19(32-30(39)29-25(37)24(36)26(38)31(40)44-29)10-11-21(20)43-28(17)22(45(3,4)41)15-23(35)33(12-13-34)16-18-8-6-5-7-9-18/h5-11,14,17,22,24-29,31,34,36-38,40-41H,12-13,15-16H2,1-4H3,(H,32,39)/t17-,22?,24+,25+,26-,27-,28-,29+,31-/m1/s1. The first-order valence-corrected chi connectivity index (χ1v) is 18.0. The predicted octanol–water partition coefficient (Wildman–Crippen LogP) is 0.488. The van der Waals surface area contributed by atoms with E-state index in [4.69, 9.17) is 14.2 Å². The molecule has 0 saturated carbocycles. The Morgan fingerprint density at radius 3 is 2.36 bits per heavy atom. The molecule has 0 radical (unpaired) electrons. The molecule has 1 saturated heterocycles. The van der Waals surface area contributed by atoms with E-state index >= 15 is 0 Å². The molecule has 2 heterocycles. The zero-order valence-electron chi connectivity index (χ0n) is 25.8. The fraction of sp³-hybridized carbons (Fsp3) is 0.548. The number of anilines is 1. The molecule has 0 bridgehead atoms. The topological polar surface area (TPSA) is 198 Å². The van der Waals surface area contributed by atoms with E-state index in [2.05, 4.69) is 5.32 Å². The molecule has 7 N–H and O–H groups in total. The average Bonchev–Trinajstić information content (AvgIpc) is 3.00. The maximum Gasteiger partial charge on any atom is 0.256 e. The highest BCUT2D eigenvalue weighted by atomic mass is 28.4. The molecule has 248 valence electrons. The monoisotopic (exact) mass is 648 g/mol. The van der Waals surface area contributed by atoms with Gasteiger partial charge in [-0.05, 0) is 36.9 Å². The van der Waals surface area contributed by atoms with Crippen LogP contribution in [0.2, 0.25) is 18.6 Å². The molecule has 0 aromatic heterocycles. The third-order valence-electron chi connectivity index (χ3n) is 8.58. The molecule has 4 rings (SSSR count). The van der Waals surface area contributed by atoms with Crippen molar-refractivity contribution >= 4 is 25.8 Å². The lowest BCUT2D eigenvalue weighted by Gasteiger charge is -2.44. The minimum absolute atomic E-state index is 0.00753. The first-order chi connectivity index (χ1) is 21.3. The second-order valence-electron chi connectivity index (χ2n) is 12.2. The SMILES string of the molecule is CO[C@H]1c2cc(NC(=O)[C@H]3O[C@@H](O)[C@H](O)[C@@H](O)[C@@H]3O)ccc2O[C@@H](C(CC(=O)N(CCO)Cc2ccccc2)[Si](C)(C)O)[C@@H]1C. The summed E-state index contributed by atoms with van der Waals surface area (Å²) in [6.07, 6.45) is -9.96. The molecule has 13 nitrogen and oxygen atoms in total. The van der Waals surface area contributed by atoms with Gasteiger partial charge in [-0.25, -0.2) is 0 Å². The van der Waals surface area contributed by atoms with Crippen molar-refractivity contribution in [3.8, 4) is 5.75 Å². The van der Waals surface area contributed by atoms with Gasteiger partial charge in [0, 0.05) is 49.3 Å². The summed E-state index contributed by atoms with van der Waals surface area (Å²) in [6.45, 7) is 5.69. The normalized spacial score (nSPS) is 28.8. The Morgan fingerprint density at radius 2 is 1.73 bits per heavy atom. The van der Waals surface area contributed by atoms with Crippen LogP contribution in [0.15, 0.2) is 48.5 Å². The summed E-state index contributed by atoms with van der Waals surface area (Å²) < 4.78 is 17.4. The van der Waals surface area contributed by atoms with Crippen LogP contribution in [0.3, 0.4) is 0 Å². The Hall–Kier alpha value is -2.92. The van der Waals surface area contributed by atoms with Crippen LogP contribution in [-0.2, 0) is 25.6 Å². The Kier molecular flexibility index (Phi) is 11.4. The average molecular weight is 649 g/mol. The lowest BCUT2D eigenvalue weighted by atomic mass is 9.86. The van der Waals surface area contributed by atoms with Gasteiger partial charge in [-0.15, -0.1) is 0 Å². The number of nitrogens with zero attached hydrogens (tertiary/aromatic N) is 1. The maximum absolute atomic E-state index is 13.6. The highest BCUT2D eigenvalue weighted by Gasteiger charge is 2.48. The van der Waals surface area contributed by atoms with E-state index in [0.29, 0.717) is 23.5 Å². The van der Waals surface area contributed by atoms with E-state index in [-0.39, 0.29) is 31.4 Å². The number of rotatable bonds is 11. The summed E-state index contributed by atoms with van der Waals surface area (Å²) >= 11 is 0. The molecule has 1 unspecified atom stereocenters. The second-order valence-corrected chi connectivity index (χ2v) is 16.3. The van der Waals surface area contributed by atoms with Gasteiger partial charge < -0.3 is 54.8 Å². The molecule has 45 heavy (non-hydrogen) atoms. The Balaban J connectivity index is 1.54. The molecular formula is C31H44N2O11Si. The number of hydrogen-bond acceptors (Lipinski definition) is 11. The van der Waals surface area contributed by atoms with Crippen LogP contribution in [0.25, 0.3) is 0 Å². The molecule has 2 aliphatic rings. The van der Waals surface area contributed by atoms with Crippen LogP contribution in [-0.4, -0.2) is 112 Å². The first kappa shape index (κ1) is 34.9. The maximum atomic E-state index is 13.6. The van der Waals surface area contributed by atoms with E-state index in [1.807, 2.05) is 37.3 Å². The molecular weight excluding hydrogens is 604 g/mol. The zero-order valence-corrected chi connectivity index (χ0v) is 26.8. The summed E-state index contributed by atoms with van der Waals surface area (Å²) in [5.74, 6) is -0.950. The fourth-order valence-electron chi connectivity index (χ4n) is 6.05. The summed E-state index contributed by atoms with van der Waals surface area (Å²) in [4.78, 5) is 39.5. The molecule has 0 spiro atoms. The van der Waals surface area contributed by atoms with Crippen molar-refractivity contribution in [1.82, 2.24) is 4.90 Å². The number of benzene rings is 2. The molecule has 2 aliphatic heterocycles. The predicted molar refractivity (Wildman–Crippen MR) is 164 cm³/mol. The Labute approximate surface area is 263 Å². The summed E-state index contributed by atoms with van der Waals surface area (Å²) in [5.41, 5.74) is 1.29. The first-order valence-electron chi connectivity index (χ1n) is 14.9. The summed E-state index contributed by atoms with van der Waals surface area (Å²) in [7, 11) is -1.49. The summed E-state index contributed by atoms with van der Waals surface area (Å²) in [5, 5.41) is 51.9. The number of aliphatic hydroxyl groups is 5. The van der Waals surface area contributed by atoms with Gasteiger partial charge in [0.1, 0.15) is 30.2 Å². The third-order valence-corrected chi connectivity index (χ3v) is 10.9. The van der Waals surface area contributed by atoms with Gasteiger partial charge >= 0.3 is 0 Å². The lowest BCUT2D eigenvalue weighted by molar-refractivity contribution is -0.274. The number of fused-ring (bicyclic) bond motifs is 1. The molecule has 2 aromatic carbocycles. The van der Waals surface area contributed by atoms with E-state index in [0.717, 1.165) is 5.56 Å². The van der Waals surface area contributed by atoms with Crippen LogP contribution in [0.5, 0.6) is 5.75 Å². The number of aliphatic hydroxyl groups excluding tert-OH is 5. The highest BCUT2D eigenvalue weighted by molar-refractivity contribution is 6.71. The van der Waals surface area contributed by atoms with Gasteiger partial charge in [0.05, 0.1) is 12.7 Å². The van der Waals surface area contributed by atoms with Gasteiger partial charge in [-0.2, -0.15) is 0 Å². The third kappa shape index (κ3) is 7.91. The number of amides is 2. The molecule has 2 aromatic rings. The van der Waals surface area contributed by atoms with Gasteiger partial charge in [-0.3, -0.25) is 9.59 Å². The van der Waals surface area contributed by atoms with Crippen LogP contribution in [0, 0.1) is 5.92 Å². The van der Waals surface area contributed by atoms with E-state index in [1.54, 1.807) is 36.2 Å². The van der Waals surface area contributed by atoms with E-state index < -0.39 is 62.7 Å². The van der Waals surface area contributed by atoms with Crippen molar-refractivity contribution < 1.29 is 54.1 Å². The smallest absolute Gasteiger partial charge is 0.256 e. The van der Waals surface area contributed by atoms with Crippen molar-refractivity contribution in [2.24, 2.45) is 5.92 Å². The van der Waals surface area contributed by atoms with Crippen molar-refractivity contribution in [2.75, 3.05) is 25.6 Å². The van der Waals surface area contributed by atoms with E-state index in [1.165, 1.54) is 7.11 Å². The quantitative estimate of drug-likeness (QED) is 0.167. The largest absolute Gasteiger partial charge is 0.490 e. The lowest BCUT2D eigenvalue weighted by Crippen LogP contribution is -2.60. The van der Waals surface area contributed by atoms with Gasteiger partial charge in [0.25, 0.3) is 5.91 Å². The van der Waals surface area contributed by atoms with Crippen molar-refractivity contribution in [3.63, 3.8) is 0 Å². The van der Waals surface area contributed by atoms with Crippen molar-refractivity contribution in [1.29, 1.82) is 0 Å². The van der Waals surface area contributed by atoms with Crippen LogP contribution < -0.4 is 10.1 Å². The zero-order chi connectivity index (χ0) is 33.1. The number of ether oxygens (including phenoxy) is 3. The Bertz CT molecular complexity index is 1310. The van der Waals surface area contributed by atoms with Gasteiger partial charge in [-0.1, -0.05) is 37.3 Å². The number of methoxy groups -OCH3 is 1. The number of hydrogen-bond donors (Lipinski definition) is 7. The molecule has 14 heteroatoms.